The second-order valence-electron chi connectivity index (χ2n) is 9.53. The van der Waals surface area contributed by atoms with Crippen LogP contribution in [0.4, 0.5) is 0 Å². The van der Waals surface area contributed by atoms with E-state index in [1.807, 2.05) is 13.8 Å². The molecule has 7 heteroatoms. The number of aromatic hydroxyl groups is 2. The van der Waals surface area contributed by atoms with E-state index in [0.29, 0.717) is 44.0 Å². The lowest BCUT2D eigenvalue weighted by Crippen LogP contribution is -2.19. The third-order valence-corrected chi connectivity index (χ3v) is 6.63. The molecule has 2 rings (SSSR count). The van der Waals surface area contributed by atoms with E-state index in [0.717, 1.165) is 37.7 Å². The number of carbonyl (C=O) groups is 1. The fourth-order valence-electron chi connectivity index (χ4n) is 4.68. The van der Waals surface area contributed by atoms with Crippen LogP contribution in [0.15, 0.2) is 29.9 Å². The predicted molar refractivity (Wildman–Crippen MR) is 141 cm³/mol. The van der Waals surface area contributed by atoms with Crippen molar-refractivity contribution in [2.45, 2.75) is 65.2 Å². The van der Waals surface area contributed by atoms with E-state index >= 15 is 0 Å². The molecule has 2 unspecified atom stereocenters. The Hall–Kier alpha value is -2.35. The van der Waals surface area contributed by atoms with Gasteiger partial charge in [0.1, 0.15) is 23.7 Å². The van der Waals surface area contributed by atoms with E-state index < -0.39 is 5.97 Å². The van der Waals surface area contributed by atoms with Gasteiger partial charge in [-0.25, -0.2) is 4.79 Å². The molecule has 7 nitrogen and oxygen atoms in total. The van der Waals surface area contributed by atoms with Gasteiger partial charge in [0.15, 0.2) is 0 Å². The Morgan fingerprint density at radius 1 is 1.08 bits per heavy atom. The highest BCUT2D eigenvalue weighted by Gasteiger charge is 2.33. The third-order valence-electron chi connectivity index (χ3n) is 6.63. The first-order valence-corrected chi connectivity index (χ1v) is 13.0. The fourth-order valence-corrected chi connectivity index (χ4v) is 4.68. The molecule has 0 aromatic heterocycles. The summed E-state index contributed by atoms with van der Waals surface area (Å²) in [6.07, 6.45) is 7.32. The van der Waals surface area contributed by atoms with Gasteiger partial charge in [0.05, 0.1) is 33.0 Å². The number of methoxy groups -OCH3 is 1. The first-order chi connectivity index (χ1) is 17.3. The summed E-state index contributed by atoms with van der Waals surface area (Å²) in [4.78, 5) is 13.2. The monoisotopic (exact) mass is 504 g/mol. The van der Waals surface area contributed by atoms with Gasteiger partial charge in [-0.05, 0) is 57.1 Å². The number of rotatable bonds is 16. The Bertz CT molecular complexity index is 890. The van der Waals surface area contributed by atoms with E-state index in [1.54, 1.807) is 13.2 Å². The lowest BCUT2D eigenvalue weighted by molar-refractivity contribution is 0.00556. The van der Waals surface area contributed by atoms with Crippen LogP contribution < -0.4 is 0 Å². The zero-order chi connectivity index (χ0) is 26.5. The number of carbonyl (C=O) groups excluding carboxylic acids is 1. The van der Waals surface area contributed by atoms with Gasteiger partial charge in [-0.15, -0.1) is 0 Å². The number of hydrogen-bond acceptors (Lipinski definition) is 7. The maximum absolute atomic E-state index is 13.2. The molecule has 0 radical (unpaired) electrons. The largest absolute Gasteiger partial charge is 0.507 e. The van der Waals surface area contributed by atoms with Crippen LogP contribution in [0.1, 0.15) is 80.3 Å². The van der Waals surface area contributed by atoms with E-state index in [9.17, 15) is 15.0 Å². The maximum Gasteiger partial charge on any atom is 0.342 e. The second kappa shape index (κ2) is 15.7. The van der Waals surface area contributed by atoms with E-state index in [1.165, 1.54) is 5.57 Å². The molecule has 0 fully saturated rings. The molecule has 0 aliphatic heterocycles. The molecular formula is C29H44O7. The molecule has 0 amide bonds. The van der Waals surface area contributed by atoms with Crippen LogP contribution in [0, 0.1) is 5.92 Å². The summed E-state index contributed by atoms with van der Waals surface area (Å²) in [5.41, 5.74) is 3.29. The first-order valence-electron chi connectivity index (χ1n) is 13.0. The third kappa shape index (κ3) is 8.64. The van der Waals surface area contributed by atoms with E-state index in [2.05, 4.69) is 19.6 Å². The molecule has 0 saturated carbocycles. The van der Waals surface area contributed by atoms with Crippen LogP contribution in [0.3, 0.4) is 0 Å². The Morgan fingerprint density at radius 3 is 2.39 bits per heavy atom. The van der Waals surface area contributed by atoms with E-state index in [4.69, 9.17) is 18.9 Å². The second-order valence-corrected chi connectivity index (χ2v) is 9.53. The lowest BCUT2D eigenvalue weighted by atomic mass is 9.73. The van der Waals surface area contributed by atoms with Gasteiger partial charge in [0.2, 0.25) is 0 Å². The normalized spacial score (nSPS) is 17.6. The summed E-state index contributed by atoms with van der Waals surface area (Å²) in [7, 11) is 1.62. The van der Waals surface area contributed by atoms with Gasteiger partial charge in [0, 0.05) is 18.6 Å². The van der Waals surface area contributed by atoms with Crippen LogP contribution in [0.25, 0.3) is 0 Å². The zero-order valence-electron chi connectivity index (χ0n) is 22.4. The lowest BCUT2D eigenvalue weighted by Gasteiger charge is -2.32. The van der Waals surface area contributed by atoms with Crippen LogP contribution in [-0.4, -0.2) is 62.9 Å². The van der Waals surface area contributed by atoms with Crippen molar-refractivity contribution in [3.05, 3.63) is 46.6 Å². The van der Waals surface area contributed by atoms with Crippen LogP contribution in [0.5, 0.6) is 11.5 Å². The Morgan fingerprint density at radius 2 is 1.75 bits per heavy atom. The topological polar surface area (TPSA) is 94.5 Å². The van der Waals surface area contributed by atoms with Gasteiger partial charge in [-0.1, -0.05) is 43.6 Å². The highest BCUT2D eigenvalue weighted by Crippen LogP contribution is 2.48. The quantitative estimate of drug-likeness (QED) is 0.170. The maximum atomic E-state index is 13.2. The number of hydrogen-bond donors (Lipinski definition) is 2. The van der Waals surface area contributed by atoms with Crippen molar-refractivity contribution in [2.75, 3.05) is 46.8 Å². The molecule has 1 aliphatic carbocycles. The molecule has 1 aromatic rings. The summed E-state index contributed by atoms with van der Waals surface area (Å²) < 4.78 is 21.2. The summed E-state index contributed by atoms with van der Waals surface area (Å²) >= 11 is 0. The van der Waals surface area contributed by atoms with Crippen LogP contribution in [-0.2, 0) is 25.4 Å². The number of aryl methyl sites for hydroxylation is 1. The molecule has 2 atom stereocenters. The van der Waals surface area contributed by atoms with Crippen molar-refractivity contribution >= 4 is 5.97 Å². The molecule has 0 saturated heterocycles. The predicted octanol–water partition coefficient (Wildman–Crippen LogP) is 5.68. The number of ether oxygens (including phenoxy) is 4. The van der Waals surface area contributed by atoms with Crippen molar-refractivity contribution in [3.63, 3.8) is 0 Å². The van der Waals surface area contributed by atoms with Gasteiger partial charge in [-0.3, -0.25) is 0 Å². The minimum Gasteiger partial charge on any atom is -0.507 e. The number of allylic oxidation sites excluding steroid dienone is 3. The highest BCUT2D eigenvalue weighted by atomic mass is 16.6. The number of phenolic OH excluding ortho intramolecular Hbond substituents is 2. The molecule has 1 aliphatic rings. The van der Waals surface area contributed by atoms with Gasteiger partial charge in [-0.2, -0.15) is 0 Å². The summed E-state index contributed by atoms with van der Waals surface area (Å²) in [5.74, 6) is -0.979. The molecule has 2 N–H and O–H groups in total. The summed E-state index contributed by atoms with van der Waals surface area (Å²) in [6, 6.07) is 1.63. The van der Waals surface area contributed by atoms with Crippen molar-refractivity contribution in [3.8, 4) is 11.5 Å². The molecule has 1 aromatic carbocycles. The molecule has 202 valence electrons. The minimum atomic E-state index is -0.608. The summed E-state index contributed by atoms with van der Waals surface area (Å²) in [6.45, 7) is 12.4. The van der Waals surface area contributed by atoms with Crippen molar-refractivity contribution in [1.82, 2.24) is 0 Å². The number of benzene rings is 1. The number of unbranched alkanes of at least 4 members (excludes halogenated alkanes) is 2. The van der Waals surface area contributed by atoms with Crippen molar-refractivity contribution in [2.24, 2.45) is 5.92 Å². The van der Waals surface area contributed by atoms with Gasteiger partial charge < -0.3 is 29.2 Å². The standard InChI is InChI=1S/C29H44O7/c1-6-7-8-9-22-19-25(30)27(24-18-21(4)10-11-23(24)20(2)3)28(31)26(22)29(32)36-17-16-35-15-14-34-13-12-33-5/h18-19,23-24,30-31H,2,6-17H2,1,3-5H3. The average molecular weight is 505 g/mol. The fraction of sp³-hybridized carbons (Fsp3) is 0.621. The van der Waals surface area contributed by atoms with Gasteiger partial charge >= 0.3 is 5.97 Å². The first kappa shape index (κ1) is 29.9. The number of phenols is 2. The molecule has 0 spiro atoms. The molecule has 0 bridgehead atoms. The highest BCUT2D eigenvalue weighted by molar-refractivity contribution is 5.95. The molecule has 36 heavy (non-hydrogen) atoms. The molecule has 0 heterocycles. The minimum absolute atomic E-state index is 0.00885. The number of esters is 1. The van der Waals surface area contributed by atoms with Crippen LogP contribution in [0.2, 0.25) is 0 Å². The van der Waals surface area contributed by atoms with Gasteiger partial charge in [0.25, 0.3) is 0 Å². The average Bonchev–Trinajstić information content (AvgIpc) is 2.83. The summed E-state index contributed by atoms with van der Waals surface area (Å²) in [5, 5.41) is 22.4. The molecular weight excluding hydrogens is 460 g/mol. The van der Waals surface area contributed by atoms with Crippen LogP contribution >= 0.6 is 0 Å². The Balaban J connectivity index is 2.21. The van der Waals surface area contributed by atoms with E-state index in [-0.39, 0.29) is 42.1 Å². The smallest absolute Gasteiger partial charge is 0.342 e. The Kier molecular flexibility index (Phi) is 13.0. The zero-order valence-corrected chi connectivity index (χ0v) is 22.4. The SMILES string of the molecule is C=C(C)C1CCC(C)=CC1c1c(O)cc(CCCCC)c(C(=O)OCCOCCOCCOC)c1O. The Labute approximate surface area is 216 Å². The van der Waals surface area contributed by atoms with Crippen molar-refractivity contribution < 1.29 is 34.0 Å². The van der Waals surface area contributed by atoms with Crippen molar-refractivity contribution in [1.29, 1.82) is 0 Å².